The van der Waals surface area contributed by atoms with Gasteiger partial charge in [-0.1, -0.05) is 18.2 Å². The Kier molecular flexibility index (Phi) is 4.17. The Morgan fingerprint density at radius 3 is 2.39 bits per heavy atom. The van der Waals surface area contributed by atoms with Crippen LogP contribution in [0.5, 0.6) is 0 Å². The summed E-state index contributed by atoms with van der Waals surface area (Å²) in [6, 6.07) is 6.03. The molecule has 2 aliphatic carbocycles. The van der Waals surface area contributed by atoms with Gasteiger partial charge in [0.15, 0.2) is 0 Å². The minimum atomic E-state index is -1.06. The van der Waals surface area contributed by atoms with Gasteiger partial charge in [-0.3, -0.25) is 4.79 Å². The minimum absolute atomic E-state index is 0.122. The number of aliphatic carboxylic acids is 1. The van der Waals surface area contributed by atoms with Crippen molar-refractivity contribution in [2.45, 2.75) is 46.1 Å². The molecule has 0 aromatic heterocycles. The summed E-state index contributed by atoms with van der Waals surface area (Å²) >= 11 is 0. The zero-order valence-electron chi connectivity index (χ0n) is 14.0. The average Bonchev–Trinajstić information content (AvgIpc) is 3.10. The third-order valence-corrected chi connectivity index (χ3v) is 5.88. The number of hydrogen-bond acceptors (Lipinski definition) is 3. The summed E-state index contributed by atoms with van der Waals surface area (Å²) in [5, 5.41) is 14.5. The fraction of sp³-hybridized carbons (Fsp3) is 0.579. The van der Waals surface area contributed by atoms with Crippen LogP contribution >= 0.6 is 0 Å². The van der Waals surface area contributed by atoms with E-state index in [1.165, 1.54) is 11.1 Å². The van der Waals surface area contributed by atoms with Gasteiger partial charge in [-0.05, 0) is 68.6 Å². The number of carboxylic acid groups (broad SMARTS) is 1. The Bertz CT molecular complexity index is 640. The Balaban J connectivity index is 1.73. The summed E-state index contributed by atoms with van der Waals surface area (Å²) in [5.74, 6) is -1.89. The molecule has 1 aromatic carbocycles. The van der Waals surface area contributed by atoms with Gasteiger partial charge < -0.3 is 15.2 Å². The molecule has 5 atom stereocenters. The van der Waals surface area contributed by atoms with Crippen molar-refractivity contribution in [1.82, 2.24) is 5.32 Å². The van der Waals surface area contributed by atoms with Crippen molar-refractivity contribution in [2.75, 3.05) is 0 Å². The van der Waals surface area contributed by atoms with E-state index in [1.54, 1.807) is 0 Å². The normalized spacial score (nSPS) is 30.2. The van der Waals surface area contributed by atoms with Crippen molar-refractivity contribution in [1.29, 1.82) is 0 Å². The number of amides is 1. The highest BCUT2D eigenvalue weighted by Crippen LogP contribution is 2.52. The van der Waals surface area contributed by atoms with Crippen molar-refractivity contribution in [3.05, 3.63) is 34.9 Å². The van der Waals surface area contributed by atoms with Crippen LogP contribution < -0.4 is 10.4 Å². The van der Waals surface area contributed by atoms with Crippen LogP contribution in [-0.2, 0) is 9.59 Å². The lowest BCUT2D eigenvalue weighted by Gasteiger charge is -2.31. The predicted octanol–water partition coefficient (Wildman–Crippen LogP) is 1.89. The lowest BCUT2D eigenvalue weighted by Crippen LogP contribution is -2.46. The van der Waals surface area contributed by atoms with E-state index in [4.69, 9.17) is 0 Å². The standard InChI is InChI=1S/C19H25NO3/c1-10-4-5-13(8-11(10)2)12(3)20-18(21)16-14-6-7-15(9-14)17(16)19(22)23/h4-5,8,12,14-17H,6-7,9H2,1-3H3,(H,20,21)(H,22,23)/p-1/t12-,14-,15+,16-,17+/m1/s1. The number of nitrogens with one attached hydrogen (secondary N) is 1. The molecule has 2 bridgehead atoms. The third kappa shape index (κ3) is 2.87. The molecule has 1 aromatic rings. The molecule has 2 fully saturated rings. The molecule has 1 amide bonds. The number of carbonyl (C=O) groups excluding carboxylic acids is 2. The minimum Gasteiger partial charge on any atom is -0.550 e. The van der Waals surface area contributed by atoms with Gasteiger partial charge >= 0.3 is 0 Å². The highest BCUT2D eigenvalue weighted by Gasteiger charge is 2.51. The van der Waals surface area contributed by atoms with Gasteiger partial charge in [-0.15, -0.1) is 0 Å². The maximum Gasteiger partial charge on any atom is 0.224 e. The van der Waals surface area contributed by atoms with Gasteiger partial charge in [0.1, 0.15) is 0 Å². The van der Waals surface area contributed by atoms with Crippen LogP contribution in [0.2, 0.25) is 0 Å². The van der Waals surface area contributed by atoms with Crippen molar-refractivity contribution < 1.29 is 14.7 Å². The van der Waals surface area contributed by atoms with E-state index in [2.05, 4.69) is 31.3 Å². The van der Waals surface area contributed by atoms with Crippen molar-refractivity contribution >= 4 is 11.9 Å². The molecule has 4 nitrogen and oxygen atoms in total. The lowest BCUT2D eigenvalue weighted by atomic mass is 9.78. The smallest absolute Gasteiger partial charge is 0.224 e. The largest absolute Gasteiger partial charge is 0.550 e. The van der Waals surface area contributed by atoms with E-state index >= 15 is 0 Å². The van der Waals surface area contributed by atoms with Crippen molar-refractivity contribution in [3.8, 4) is 0 Å². The quantitative estimate of drug-likeness (QED) is 0.923. The van der Waals surface area contributed by atoms with Crippen LogP contribution in [0.1, 0.15) is 48.9 Å². The first-order valence-corrected chi connectivity index (χ1v) is 8.47. The fourth-order valence-corrected chi connectivity index (χ4v) is 4.43. The zero-order chi connectivity index (χ0) is 16.7. The van der Waals surface area contributed by atoms with Gasteiger partial charge in [-0.2, -0.15) is 0 Å². The first-order chi connectivity index (χ1) is 10.9. The molecular formula is C19H24NO3-. The van der Waals surface area contributed by atoms with Crippen LogP contribution in [0.4, 0.5) is 0 Å². The van der Waals surface area contributed by atoms with Gasteiger partial charge in [0.2, 0.25) is 5.91 Å². The van der Waals surface area contributed by atoms with Gasteiger partial charge in [0.05, 0.1) is 6.04 Å². The number of aryl methyl sites for hydroxylation is 2. The fourth-order valence-electron chi connectivity index (χ4n) is 4.43. The molecule has 124 valence electrons. The van der Waals surface area contributed by atoms with Gasteiger partial charge in [0.25, 0.3) is 0 Å². The van der Waals surface area contributed by atoms with Crippen molar-refractivity contribution in [3.63, 3.8) is 0 Å². The van der Waals surface area contributed by atoms with Crippen molar-refractivity contribution in [2.24, 2.45) is 23.7 Å². The molecule has 23 heavy (non-hydrogen) atoms. The topological polar surface area (TPSA) is 69.2 Å². The predicted molar refractivity (Wildman–Crippen MR) is 85.3 cm³/mol. The number of fused-ring (bicyclic) bond motifs is 2. The van der Waals surface area contributed by atoms with Gasteiger partial charge in [-0.25, -0.2) is 0 Å². The zero-order valence-corrected chi connectivity index (χ0v) is 14.0. The van der Waals surface area contributed by atoms with E-state index in [0.717, 1.165) is 24.8 Å². The molecule has 1 N–H and O–H groups in total. The SMILES string of the molecule is Cc1ccc([C@@H](C)NC(=O)[C@@H]2[C@@H]3CC[C@@H](C3)[C@@H]2C(=O)[O-])cc1C. The van der Waals surface area contributed by atoms with Crippen LogP contribution in [0.25, 0.3) is 0 Å². The molecule has 2 saturated carbocycles. The third-order valence-electron chi connectivity index (χ3n) is 5.88. The molecule has 0 saturated heterocycles. The first kappa shape index (κ1) is 16.0. The maximum atomic E-state index is 12.7. The molecule has 0 heterocycles. The molecule has 3 rings (SSSR count). The molecule has 0 unspecified atom stereocenters. The second kappa shape index (κ2) is 5.99. The second-order valence-electron chi connectivity index (χ2n) is 7.28. The Hall–Kier alpha value is -1.84. The van der Waals surface area contributed by atoms with E-state index in [0.29, 0.717) is 0 Å². The number of benzene rings is 1. The summed E-state index contributed by atoms with van der Waals surface area (Å²) in [4.78, 5) is 24.1. The van der Waals surface area contributed by atoms with Crippen LogP contribution in [0.15, 0.2) is 18.2 Å². The summed E-state index contributed by atoms with van der Waals surface area (Å²) < 4.78 is 0. The van der Waals surface area contributed by atoms with E-state index in [1.807, 2.05) is 13.0 Å². The molecule has 0 radical (unpaired) electrons. The molecule has 0 aliphatic heterocycles. The number of hydrogen-bond donors (Lipinski definition) is 1. The Morgan fingerprint density at radius 1 is 1.13 bits per heavy atom. The molecule has 0 spiro atoms. The summed E-state index contributed by atoms with van der Waals surface area (Å²) in [5.41, 5.74) is 3.46. The summed E-state index contributed by atoms with van der Waals surface area (Å²) in [6.07, 6.45) is 2.74. The van der Waals surface area contributed by atoms with Gasteiger partial charge in [0, 0.05) is 17.8 Å². The van der Waals surface area contributed by atoms with E-state index in [-0.39, 0.29) is 23.8 Å². The summed E-state index contributed by atoms with van der Waals surface area (Å²) in [7, 11) is 0. The maximum absolute atomic E-state index is 12.7. The first-order valence-electron chi connectivity index (χ1n) is 8.47. The summed E-state index contributed by atoms with van der Waals surface area (Å²) in [6.45, 7) is 6.06. The van der Waals surface area contributed by atoms with Crippen LogP contribution in [0.3, 0.4) is 0 Å². The highest BCUT2D eigenvalue weighted by atomic mass is 16.4. The highest BCUT2D eigenvalue weighted by molar-refractivity contribution is 5.85. The second-order valence-corrected chi connectivity index (χ2v) is 7.28. The average molecular weight is 314 g/mol. The monoisotopic (exact) mass is 314 g/mol. The van der Waals surface area contributed by atoms with Crippen LogP contribution in [-0.4, -0.2) is 11.9 Å². The Morgan fingerprint density at radius 2 is 1.78 bits per heavy atom. The molecule has 2 aliphatic rings. The van der Waals surface area contributed by atoms with E-state index < -0.39 is 17.8 Å². The van der Waals surface area contributed by atoms with Crippen LogP contribution in [0, 0.1) is 37.5 Å². The molecule has 4 heteroatoms. The Labute approximate surface area is 137 Å². The molecular weight excluding hydrogens is 290 g/mol. The lowest BCUT2D eigenvalue weighted by molar-refractivity contribution is -0.314. The number of carboxylic acids is 1. The number of rotatable bonds is 4. The number of carbonyl (C=O) groups is 2. The van der Waals surface area contributed by atoms with E-state index in [9.17, 15) is 14.7 Å².